The van der Waals surface area contributed by atoms with Gasteiger partial charge in [-0.1, -0.05) is 13.8 Å². The molecule has 0 aromatic heterocycles. The van der Waals surface area contributed by atoms with E-state index in [0.29, 0.717) is 24.1 Å². The predicted octanol–water partition coefficient (Wildman–Crippen LogP) is 1.52. The van der Waals surface area contributed by atoms with Crippen LogP contribution in [0.4, 0.5) is 0 Å². The molecule has 0 bridgehead atoms. The van der Waals surface area contributed by atoms with Crippen LogP contribution in [0.25, 0.3) is 0 Å². The van der Waals surface area contributed by atoms with Gasteiger partial charge in [-0.25, -0.2) is 8.42 Å². The van der Waals surface area contributed by atoms with Crippen molar-refractivity contribution in [2.24, 2.45) is 5.92 Å². The summed E-state index contributed by atoms with van der Waals surface area (Å²) >= 11 is 0. The van der Waals surface area contributed by atoms with E-state index in [4.69, 9.17) is 0 Å². The smallest absolute Gasteiger partial charge is 0.153 e. The number of nitrogens with zero attached hydrogens (tertiary/aromatic N) is 1. The van der Waals surface area contributed by atoms with E-state index in [-0.39, 0.29) is 6.04 Å². The molecule has 0 aliphatic carbocycles. The van der Waals surface area contributed by atoms with E-state index in [9.17, 15) is 8.42 Å². The molecule has 0 radical (unpaired) electrons. The quantitative estimate of drug-likeness (QED) is 0.772. The maximum atomic E-state index is 11.5. The molecule has 1 aliphatic rings. The van der Waals surface area contributed by atoms with Crippen LogP contribution in [-0.4, -0.2) is 56.5 Å². The average Bonchev–Trinajstić information content (AvgIpc) is 2.28. The number of sulfone groups is 1. The Balaban J connectivity index is 2.19. The molecular formula is C14H30N2O2S. The molecule has 2 atom stereocenters. The fourth-order valence-corrected chi connectivity index (χ4v) is 4.13. The molecule has 1 saturated heterocycles. The molecule has 1 heterocycles. The van der Waals surface area contributed by atoms with Gasteiger partial charge in [-0.05, 0) is 32.6 Å². The van der Waals surface area contributed by atoms with Crippen LogP contribution in [0.2, 0.25) is 0 Å². The molecule has 0 spiro atoms. The van der Waals surface area contributed by atoms with Crippen molar-refractivity contribution in [3.63, 3.8) is 0 Å². The van der Waals surface area contributed by atoms with E-state index in [2.05, 4.69) is 31.0 Å². The highest BCUT2D eigenvalue weighted by Crippen LogP contribution is 2.11. The number of hydrogen-bond donors (Lipinski definition) is 1. The van der Waals surface area contributed by atoms with Crippen molar-refractivity contribution in [2.75, 3.05) is 31.1 Å². The Morgan fingerprint density at radius 1 is 1.26 bits per heavy atom. The monoisotopic (exact) mass is 290 g/mol. The zero-order valence-electron chi connectivity index (χ0n) is 12.9. The van der Waals surface area contributed by atoms with Crippen LogP contribution in [0.15, 0.2) is 0 Å². The van der Waals surface area contributed by atoms with Gasteiger partial charge in [0.05, 0.1) is 11.5 Å². The third-order valence-electron chi connectivity index (χ3n) is 3.88. The van der Waals surface area contributed by atoms with Gasteiger partial charge in [0.15, 0.2) is 9.84 Å². The first-order chi connectivity index (χ1) is 8.80. The molecule has 1 fully saturated rings. The highest BCUT2D eigenvalue weighted by atomic mass is 32.2. The van der Waals surface area contributed by atoms with E-state index in [1.54, 1.807) is 0 Å². The van der Waals surface area contributed by atoms with Gasteiger partial charge in [0.25, 0.3) is 0 Å². The van der Waals surface area contributed by atoms with Crippen molar-refractivity contribution in [1.29, 1.82) is 0 Å². The van der Waals surface area contributed by atoms with Crippen LogP contribution in [0, 0.1) is 5.92 Å². The predicted molar refractivity (Wildman–Crippen MR) is 81.2 cm³/mol. The zero-order valence-corrected chi connectivity index (χ0v) is 13.7. The number of nitrogens with one attached hydrogen (secondary N) is 1. The number of hydrogen-bond acceptors (Lipinski definition) is 4. The molecule has 0 saturated carbocycles. The summed E-state index contributed by atoms with van der Waals surface area (Å²) < 4.78 is 23.0. The topological polar surface area (TPSA) is 49.4 Å². The van der Waals surface area contributed by atoms with Gasteiger partial charge in [0.1, 0.15) is 0 Å². The van der Waals surface area contributed by atoms with Crippen molar-refractivity contribution >= 4 is 9.84 Å². The van der Waals surface area contributed by atoms with E-state index in [1.807, 2.05) is 6.92 Å². The Labute approximate surface area is 118 Å². The lowest BCUT2D eigenvalue weighted by Gasteiger charge is -2.33. The Morgan fingerprint density at radius 3 is 2.53 bits per heavy atom. The molecule has 0 amide bonds. The highest BCUT2D eigenvalue weighted by molar-refractivity contribution is 7.91. The second-order valence-corrected chi connectivity index (χ2v) is 8.55. The molecule has 0 aromatic carbocycles. The van der Waals surface area contributed by atoms with Crippen molar-refractivity contribution in [2.45, 2.75) is 52.6 Å². The first kappa shape index (κ1) is 16.9. The second-order valence-electron chi connectivity index (χ2n) is 6.33. The summed E-state index contributed by atoms with van der Waals surface area (Å²) in [5, 5.41) is 3.54. The first-order valence-corrected chi connectivity index (χ1v) is 9.30. The van der Waals surface area contributed by atoms with Crippen LogP contribution in [0.5, 0.6) is 0 Å². The van der Waals surface area contributed by atoms with Crippen LogP contribution in [0.1, 0.15) is 40.5 Å². The third kappa shape index (κ3) is 6.72. The summed E-state index contributed by atoms with van der Waals surface area (Å²) in [5.41, 5.74) is 0. The second kappa shape index (κ2) is 7.60. The van der Waals surface area contributed by atoms with Crippen LogP contribution >= 0.6 is 0 Å². The SMILES string of the molecule is CC(C)CCC(C)NCCN1CCS(=O)(=O)CC1C. The van der Waals surface area contributed by atoms with Gasteiger partial charge in [0.2, 0.25) is 0 Å². The fourth-order valence-electron chi connectivity index (χ4n) is 2.51. The number of rotatable bonds is 7. The normalized spacial score (nSPS) is 25.6. The molecular weight excluding hydrogens is 260 g/mol. The maximum absolute atomic E-state index is 11.5. The van der Waals surface area contributed by atoms with E-state index < -0.39 is 9.84 Å². The van der Waals surface area contributed by atoms with E-state index in [1.165, 1.54) is 12.8 Å². The molecule has 1 N–H and O–H groups in total. The van der Waals surface area contributed by atoms with Crippen LogP contribution in [-0.2, 0) is 9.84 Å². The lowest BCUT2D eigenvalue weighted by molar-refractivity contribution is 0.223. The minimum Gasteiger partial charge on any atom is -0.313 e. The van der Waals surface area contributed by atoms with Gasteiger partial charge in [-0.2, -0.15) is 0 Å². The maximum Gasteiger partial charge on any atom is 0.153 e. The average molecular weight is 290 g/mol. The van der Waals surface area contributed by atoms with Gasteiger partial charge >= 0.3 is 0 Å². The van der Waals surface area contributed by atoms with Crippen molar-refractivity contribution < 1.29 is 8.42 Å². The molecule has 0 aromatic rings. The zero-order chi connectivity index (χ0) is 14.5. The summed E-state index contributed by atoms with van der Waals surface area (Å²) in [5.74, 6) is 1.40. The molecule has 114 valence electrons. The minimum absolute atomic E-state index is 0.159. The summed E-state index contributed by atoms with van der Waals surface area (Å²) in [6, 6.07) is 0.706. The van der Waals surface area contributed by atoms with Crippen molar-refractivity contribution in [1.82, 2.24) is 10.2 Å². The Bertz CT molecular complexity index is 354. The summed E-state index contributed by atoms with van der Waals surface area (Å²) in [4.78, 5) is 2.28. The molecule has 1 rings (SSSR count). The molecule has 2 unspecified atom stereocenters. The largest absolute Gasteiger partial charge is 0.313 e. The molecule has 19 heavy (non-hydrogen) atoms. The van der Waals surface area contributed by atoms with E-state index in [0.717, 1.165) is 19.0 Å². The van der Waals surface area contributed by atoms with Gasteiger partial charge in [-0.3, -0.25) is 4.90 Å². The summed E-state index contributed by atoms with van der Waals surface area (Å²) in [7, 11) is -2.79. The highest BCUT2D eigenvalue weighted by Gasteiger charge is 2.27. The lowest BCUT2D eigenvalue weighted by atomic mass is 10.0. The van der Waals surface area contributed by atoms with Gasteiger partial charge in [0, 0.05) is 31.7 Å². The van der Waals surface area contributed by atoms with Gasteiger partial charge in [-0.15, -0.1) is 0 Å². The Hall–Kier alpha value is -0.130. The molecule has 5 heteroatoms. The Kier molecular flexibility index (Phi) is 6.77. The van der Waals surface area contributed by atoms with Crippen LogP contribution < -0.4 is 5.32 Å². The summed E-state index contributed by atoms with van der Waals surface area (Å²) in [6.45, 7) is 11.3. The standard InChI is InChI=1S/C14H30N2O2S/c1-12(2)5-6-13(3)15-7-8-16-9-10-19(17,18)11-14(16)4/h12-15H,5-11H2,1-4H3. The summed E-state index contributed by atoms with van der Waals surface area (Å²) in [6.07, 6.45) is 2.47. The minimum atomic E-state index is -2.79. The molecule has 4 nitrogen and oxygen atoms in total. The third-order valence-corrected chi connectivity index (χ3v) is 5.67. The molecule has 1 aliphatic heterocycles. The van der Waals surface area contributed by atoms with Crippen molar-refractivity contribution in [3.8, 4) is 0 Å². The fraction of sp³-hybridized carbons (Fsp3) is 1.00. The Morgan fingerprint density at radius 2 is 1.95 bits per heavy atom. The first-order valence-electron chi connectivity index (χ1n) is 7.48. The van der Waals surface area contributed by atoms with E-state index >= 15 is 0 Å². The van der Waals surface area contributed by atoms with Gasteiger partial charge < -0.3 is 5.32 Å². The lowest BCUT2D eigenvalue weighted by Crippen LogP contribution is -2.49. The van der Waals surface area contributed by atoms with Crippen LogP contribution in [0.3, 0.4) is 0 Å². The van der Waals surface area contributed by atoms with Crippen molar-refractivity contribution in [3.05, 3.63) is 0 Å².